The van der Waals surface area contributed by atoms with E-state index in [4.69, 9.17) is 9.73 Å². The van der Waals surface area contributed by atoms with Crippen LogP contribution >= 0.6 is 24.0 Å². The molecule has 26 heavy (non-hydrogen) atoms. The summed E-state index contributed by atoms with van der Waals surface area (Å²) in [6.07, 6.45) is 4.85. The van der Waals surface area contributed by atoms with Crippen molar-refractivity contribution in [2.75, 3.05) is 18.4 Å². The summed E-state index contributed by atoms with van der Waals surface area (Å²) < 4.78 is 5.90. The Labute approximate surface area is 171 Å². The summed E-state index contributed by atoms with van der Waals surface area (Å²) in [6, 6.07) is 8.27. The van der Waals surface area contributed by atoms with Gasteiger partial charge in [-0.3, -0.25) is 9.79 Å². The molecule has 142 valence electrons. The molecule has 2 bridgehead atoms. The number of para-hydroxylation sites is 1. The van der Waals surface area contributed by atoms with E-state index in [1.54, 1.807) is 0 Å². The maximum atomic E-state index is 12.2. The number of carbonyl (C=O) groups is 1. The number of carbonyl (C=O) groups excluding carboxylic acids is 1. The molecule has 3 heterocycles. The Hall–Kier alpha value is -1.35. The Balaban J connectivity index is 0.00000196. The molecule has 0 aliphatic carbocycles. The number of guanidine groups is 1. The summed E-state index contributed by atoms with van der Waals surface area (Å²) in [5, 5.41) is 9.78. The first kappa shape index (κ1) is 19.4. The standard InChI is InChI=1S/C19H26N4O2.HI/c1-2-20-19(23-16-11-12-7-8-17(16)25-12)21-10-9-14-13-5-3-4-6-15(13)22-18(14)24;/h3-6,12,14,16-17H,2,7-11H2,1H3,(H,22,24)(H2,20,21,23);1H. The normalized spacial score (nSPS) is 29.1. The molecule has 0 spiro atoms. The van der Waals surface area contributed by atoms with Crippen LogP contribution in [0.1, 0.15) is 44.1 Å². The fourth-order valence-electron chi connectivity index (χ4n) is 4.15. The summed E-state index contributed by atoms with van der Waals surface area (Å²) in [5.41, 5.74) is 2.02. The van der Waals surface area contributed by atoms with Gasteiger partial charge in [0.1, 0.15) is 0 Å². The number of benzene rings is 1. The van der Waals surface area contributed by atoms with Crippen LogP contribution in [0.5, 0.6) is 0 Å². The van der Waals surface area contributed by atoms with E-state index < -0.39 is 0 Å². The van der Waals surface area contributed by atoms with Crippen molar-refractivity contribution < 1.29 is 9.53 Å². The molecule has 0 saturated carbocycles. The molecule has 7 heteroatoms. The highest BCUT2D eigenvalue weighted by Crippen LogP contribution is 2.35. The van der Waals surface area contributed by atoms with Gasteiger partial charge < -0.3 is 20.7 Å². The van der Waals surface area contributed by atoms with Gasteiger partial charge in [-0.25, -0.2) is 0 Å². The third-order valence-corrected chi connectivity index (χ3v) is 5.37. The average Bonchev–Trinajstić information content (AvgIpc) is 3.30. The van der Waals surface area contributed by atoms with Gasteiger partial charge in [-0.05, 0) is 44.2 Å². The molecule has 4 rings (SSSR count). The van der Waals surface area contributed by atoms with Gasteiger partial charge in [0.05, 0.1) is 24.2 Å². The first-order chi connectivity index (χ1) is 12.2. The lowest BCUT2D eigenvalue weighted by atomic mass is 9.96. The van der Waals surface area contributed by atoms with E-state index in [0.717, 1.165) is 36.6 Å². The van der Waals surface area contributed by atoms with Gasteiger partial charge >= 0.3 is 0 Å². The Morgan fingerprint density at radius 1 is 1.35 bits per heavy atom. The second-order valence-electron chi connectivity index (χ2n) is 7.04. The van der Waals surface area contributed by atoms with Crippen LogP contribution in [-0.2, 0) is 9.53 Å². The van der Waals surface area contributed by atoms with E-state index in [0.29, 0.717) is 31.2 Å². The molecule has 3 aliphatic heterocycles. The average molecular weight is 470 g/mol. The molecule has 4 unspecified atom stereocenters. The highest BCUT2D eigenvalue weighted by molar-refractivity contribution is 14.0. The maximum Gasteiger partial charge on any atom is 0.232 e. The molecular weight excluding hydrogens is 443 g/mol. The van der Waals surface area contributed by atoms with Crippen molar-refractivity contribution >= 4 is 41.5 Å². The number of hydrogen-bond donors (Lipinski definition) is 3. The molecule has 0 aromatic heterocycles. The molecule has 6 nitrogen and oxygen atoms in total. The van der Waals surface area contributed by atoms with Crippen molar-refractivity contribution in [3.63, 3.8) is 0 Å². The van der Waals surface area contributed by atoms with E-state index in [2.05, 4.69) is 22.9 Å². The number of rotatable bonds is 5. The number of anilines is 1. The van der Waals surface area contributed by atoms with Gasteiger partial charge in [0.2, 0.25) is 5.91 Å². The monoisotopic (exact) mass is 470 g/mol. The SMILES string of the molecule is CCNC(=NCCC1C(=O)Nc2ccccc21)NC1CC2CCC1O2.I. The van der Waals surface area contributed by atoms with Crippen LogP contribution < -0.4 is 16.0 Å². The largest absolute Gasteiger partial charge is 0.373 e. The Morgan fingerprint density at radius 3 is 2.92 bits per heavy atom. The molecule has 2 fully saturated rings. The highest BCUT2D eigenvalue weighted by atomic mass is 127. The first-order valence-electron chi connectivity index (χ1n) is 9.34. The second-order valence-corrected chi connectivity index (χ2v) is 7.04. The predicted molar refractivity (Wildman–Crippen MR) is 113 cm³/mol. The summed E-state index contributed by atoms with van der Waals surface area (Å²) >= 11 is 0. The van der Waals surface area contributed by atoms with E-state index in [1.165, 1.54) is 6.42 Å². The molecule has 1 aromatic carbocycles. The Morgan fingerprint density at radius 2 is 2.19 bits per heavy atom. The number of amides is 1. The first-order valence-corrected chi connectivity index (χ1v) is 9.34. The third kappa shape index (κ3) is 3.98. The van der Waals surface area contributed by atoms with E-state index in [1.807, 2.05) is 24.3 Å². The fourth-order valence-corrected chi connectivity index (χ4v) is 4.15. The maximum absolute atomic E-state index is 12.2. The lowest BCUT2D eigenvalue weighted by Crippen LogP contribution is -2.47. The minimum Gasteiger partial charge on any atom is -0.373 e. The van der Waals surface area contributed by atoms with Gasteiger partial charge in [-0.15, -0.1) is 24.0 Å². The van der Waals surface area contributed by atoms with Crippen molar-refractivity contribution in [1.82, 2.24) is 10.6 Å². The van der Waals surface area contributed by atoms with Gasteiger partial charge in [-0.2, -0.15) is 0 Å². The number of aliphatic imine (C=N–C) groups is 1. The van der Waals surface area contributed by atoms with Crippen LogP contribution in [0.15, 0.2) is 29.3 Å². The van der Waals surface area contributed by atoms with Gasteiger partial charge in [0.25, 0.3) is 0 Å². The number of hydrogen-bond acceptors (Lipinski definition) is 3. The summed E-state index contributed by atoms with van der Waals surface area (Å²) in [6.45, 7) is 3.50. The quantitative estimate of drug-likeness (QED) is 0.352. The van der Waals surface area contributed by atoms with E-state index in [-0.39, 0.29) is 35.8 Å². The molecule has 3 N–H and O–H groups in total. The topological polar surface area (TPSA) is 74.8 Å². The van der Waals surface area contributed by atoms with E-state index in [9.17, 15) is 4.79 Å². The fraction of sp³-hybridized carbons (Fsp3) is 0.579. The van der Waals surface area contributed by atoms with Crippen molar-refractivity contribution in [2.45, 2.75) is 56.8 Å². The lowest BCUT2D eigenvalue weighted by Gasteiger charge is -2.22. The molecule has 1 amide bonds. The number of nitrogens with one attached hydrogen (secondary N) is 3. The molecule has 0 radical (unpaired) electrons. The minimum atomic E-state index is -0.103. The van der Waals surface area contributed by atoms with Crippen LogP contribution in [0.3, 0.4) is 0 Å². The second kappa shape index (κ2) is 8.56. The Bertz CT molecular complexity index is 681. The van der Waals surface area contributed by atoms with Crippen LogP contribution in [0.25, 0.3) is 0 Å². The zero-order valence-electron chi connectivity index (χ0n) is 15.0. The molecule has 4 atom stereocenters. The molecule has 1 aromatic rings. The number of fused-ring (bicyclic) bond motifs is 3. The highest BCUT2D eigenvalue weighted by Gasteiger charge is 2.41. The van der Waals surface area contributed by atoms with Crippen LogP contribution in [0, 0.1) is 0 Å². The zero-order chi connectivity index (χ0) is 17.2. The zero-order valence-corrected chi connectivity index (χ0v) is 17.4. The molecular formula is C19H27IN4O2. The number of halogens is 1. The summed E-state index contributed by atoms with van der Waals surface area (Å²) in [5.74, 6) is 0.805. The van der Waals surface area contributed by atoms with Crippen LogP contribution in [0.2, 0.25) is 0 Å². The summed E-state index contributed by atoms with van der Waals surface area (Å²) in [4.78, 5) is 16.9. The lowest BCUT2D eigenvalue weighted by molar-refractivity contribution is -0.117. The van der Waals surface area contributed by atoms with Gasteiger partial charge in [0, 0.05) is 18.8 Å². The van der Waals surface area contributed by atoms with Gasteiger partial charge in [-0.1, -0.05) is 18.2 Å². The minimum absolute atomic E-state index is 0. The van der Waals surface area contributed by atoms with E-state index >= 15 is 0 Å². The Kier molecular flexibility index (Phi) is 6.39. The molecule has 2 saturated heterocycles. The number of nitrogens with zero attached hydrogens (tertiary/aromatic N) is 1. The van der Waals surface area contributed by atoms with Crippen LogP contribution in [-0.4, -0.2) is 43.2 Å². The van der Waals surface area contributed by atoms with Gasteiger partial charge in [0.15, 0.2) is 5.96 Å². The van der Waals surface area contributed by atoms with Crippen molar-refractivity contribution in [3.05, 3.63) is 29.8 Å². The predicted octanol–water partition coefficient (Wildman–Crippen LogP) is 2.61. The molecule has 3 aliphatic rings. The van der Waals surface area contributed by atoms with Crippen molar-refractivity contribution in [1.29, 1.82) is 0 Å². The van der Waals surface area contributed by atoms with Crippen molar-refractivity contribution in [3.8, 4) is 0 Å². The third-order valence-electron chi connectivity index (χ3n) is 5.37. The summed E-state index contributed by atoms with van der Waals surface area (Å²) in [7, 11) is 0. The van der Waals surface area contributed by atoms with Crippen molar-refractivity contribution in [2.24, 2.45) is 4.99 Å². The number of ether oxygens (including phenoxy) is 1. The smallest absolute Gasteiger partial charge is 0.232 e. The van der Waals surface area contributed by atoms with Crippen LogP contribution in [0.4, 0.5) is 5.69 Å².